The zero-order chi connectivity index (χ0) is 17.8. The fraction of sp³-hybridized carbons (Fsp3) is 0.389. The van der Waals surface area contributed by atoms with Crippen LogP contribution in [0.1, 0.15) is 19.8 Å². The van der Waals surface area contributed by atoms with Gasteiger partial charge in [-0.25, -0.2) is 14.4 Å². The van der Waals surface area contributed by atoms with Crippen molar-refractivity contribution < 1.29 is 13.9 Å². The van der Waals surface area contributed by atoms with Crippen molar-refractivity contribution in [1.29, 1.82) is 0 Å². The average Bonchev–Trinajstić information content (AvgIpc) is 2.64. The predicted octanol–water partition coefficient (Wildman–Crippen LogP) is 2.38. The molecule has 1 amide bonds. The highest BCUT2D eigenvalue weighted by Crippen LogP contribution is 2.27. The number of rotatable bonds is 5. The summed E-state index contributed by atoms with van der Waals surface area (Å²) in [7, 11) is 0. The van der Waals surface area contributed by atoms with Crippen molar-refractivity contribution in [2.75, 3.05) is 24.6 Å². The van der Waals surface area contributed by atoms with Crippen molar-refractivity contribution in [2.45, 2.75) is 19.8 Å². The van der Waals surface area contributed by atoms with Crippen LogP contribution < -0.4 is 15.4 Å². The van der Waals surface area contributed by atoms with E-state index in [-0.39, 0.29) is 17.6 Å². The molecule has 0 atom stereocenters. The molecular formula is C18H21FN4O2. The van der Waals surface area contributed by atoms with Gasteiger partial charge in [-0.2, -0.15) is 0 Å². The SMILES string of the molecule is CCOc1ccc(-c2cc(N3CCC(C(N)=O)CC3)ncn2)cc1F. The molecule has 2 aromatic rings. The molecular weight excluding hydrogens is 323 g/mol. The van der Waals surface area contributed by atoms with Crippen LogP contribution in [0.2, 0.25) is 0 Å². The third-order valence-corrected chi connectivity index (χ3v) is 4.40. The fourth-order valence-electron chi connectivity index (χ4n) is 3.00. The molecule has 1 aliphatic rings. The summed E-state index contributed by atoms with van der Waals surface area (Å²) >= 11 is 0. The van der Waals surface area contributed by atoms with Crippen molar-refractivity contribution in [1.82, 2.24) is 9.97 Å². The number of amides is 1. The highest BCUT2D eigenvalue weighted by molar-refractivity contribution is 5.77. The molecule has 0 aliphatic carbocycles. The molecule has 1 saturated heterocycles. The molecule has 25 heavy (non-hydrogen) atoms. The zero-order valence-corrected chi connectivity index (χ0v) is 14.1. The molecule has 132 valence electrons. The van der Waals surface area contributed by atoms with Gasteiger partial charge in [-0.15, -0.1) is 0 Å². The smallest absolute Gasteiger partial charge is 0.220 e. The van der Waals surface area contributed by atoms with Crippen LogP contribution in [-0.4, -0.2) is 35.6 Å². The Bertz CT molecular complexity index is 760. The maximum absolute atomic E-state index is 14.1. The highest BCUT2D eigenvalue weighted by atomic mass is 19.1. The van der Waals surface area contributed by atoms with Gasteiger partial charge in [-0.05, 0) is 38.0 Å². The molecule has 0 bridgehead atoms. The van der Waals surface area contributed by atoms with Crippen molar-refractivity contribution >= 4 is 11.7 Å². The molecule has 1 aromatic heterocycles. The number of primary amides is 1. The van der Waals surface area contributed by atoms with E-state index in [1.54, 1.807) is 12.1 Å². The monoisotopic (exact) mass is 344 g/mol. The van der Waals surface area contributed by atoms with Gasteiger partial charge in [0.1, 0.15) is 12.1 Å². The van der Waals surface area contributed by atoms with E-state index >= 15 is 0 Å². The summed E-state index contributed by atoms with van der Waals surface area (Å²) in [5.41, 5.74) is 6.68. The van der Waals surface area contributed by atoms with Crippen LogP contribution in [-0.2, 0) is 4.79 Å². The minimum Gasteiger partial charge on any atom is -0.491 e. The van der Waals surface area contributed by atoms with Crippen LogP contribution in [0.25, 0.3) is 11.3 Å². The minimum atomic E-state index is -0.415. The number of anilines is 1. The molecule has 1 aromatic carbocycles. The number of ether oxygens (including phenoxy) is 1. The van der Waals surface area contributed by atoms with Gasteiger partial charge in [0.05, 0.1) is 12.3 Å². The third-order valence-electron chi connectivity index (χ3n) is 4.40. The molecule has 1 aliphatic heterocycles. The lowest BCUT2D eigenvalue weighted by atomic mass is 9.96. The van der Waals surface area contributed by atoms with Crippen molar-refractivity contribution in [3.8, 4) is 17.0 Å². The number of carbonyl (C=O) groups excluding carboxylic acids is 1. The first-order valence-electron chi connectivity index (χ1n) is 8.37. The molecule has 2 N–H and O–H groups in total. The first-order valence-corrected chi connectivity index (χ1v) is 8.37. The van der Waals surface area contributed by atoms with Gasteiger partial charge in [-0.1, -0.05) is 0 Å². The minimum absolute atomic E-state index is 0.0715. The van der Waals surface area contributed by atoms with Crippen molar-refractivity contribution in [2.24, 2.45) is 11.7 Å². The van der Waals surface area contributed by atoms with Crippen LogP contribution in [0.15, 0.2) is 30.6 Å². The molecule has 7 heteroatoms. The number of hydrogen-bond acceptors (Lipinski definition) is 5. The van der Waals surface area contributed by atoms with E-state index in [9.17, 15) is 9.18 Å². The van der Waals surface area contributed by atoms with Gasteiger partial charge in [0.25, 0.3) is 0 Å². The first kappa shape index (κ1) is 17.1. The number of carbonyl (C=O) groups is 1. The van der Waals surface area contributed by atoms with Crippen molar-refractivity contribution in [3.05, 3.63) is 36.4 Å². The van der Waals surface area contributed by atoms with Gasteiger partial charge in [0.15, 0.2) is 11.6 Å². The number of nitrogens with two attached hydrogens (primary N) is 1. The van der Waals surface area contributed by atoms with E-state index in [2.05, 4.69) is 14.9 Å². The van der Waals surface area contributed by atoms with E-state index in [0.717, 1.165) is 5.82 Å². The second-order valence-electron chi connectivity index (χ2n) is 6.00. The summed E-state index contributed by atoms with van der Waals surface area (Å²) in [6, 6.07) is 6.63. The Morgan fingerprint density at radius 3 is 2.72 bits per heavy atom. The summed E-state index contributed by atoms with van der Waals surface area (Å²) in [5, 5.41) is 0. The molecule has 3 rings (SSSR count). The molecule has 1 fully saturated rings. The van der Waals surface area contributed by atoms with E-state index < -0.39 is 5.82 Å². The summed E-state index contributed by atoms with van der Waals surface area (Å²) in [6.45, 7) is 3.64. The Kier molecular flexibility index (Phi) is 5.11. The van der Waals surface area contributed by atoms with Crippen LogP contribution in [0.4, 0.5) is 10.2 Å². The van der Waals surface area contributed by atoms with Crippen molar-refractivity contribution in [3.63, 3.8) is 0 Å². The van der Waals surface area contributed by atoms with Gasteiger partial charge in [0.2, 0.25) is 5.91 Å². The fourth-order valence-corrected chi connectivity index (χ4v) is 3.00. The van der Waals surface area contributed by atoms with E-state index in [4.69, 9.17) is 10.5 Å². The number of aromatic nitrogens is 2. The van der Waals surface area contributed by atoms with Crippen LogP contribution in [0.3, 0.4) is 0 Å². The standard InChI is InChI=1S/C18H21FN4O2/c1-2-25-16-4-3-13(9-14(16)19)15-10-17(22-11-21-15)23-7-5-12(6-8-23)18(20)24/h3-4,9-12H,2,5-8H2,1H3,(H2,20,24). The first-order chi connectivity index (χ1) is 12.1. The molecule has 0 spiro atoms. The molecule has 2 heterocycles. The van der Waals surface area contributed by atoms with Gasteiger partial charge < -0.3 is 15.4 Å². The number of piperidine rings is 1. The lowest BCUT2D eigenvalue weighted by Crippen LogP contribution is -2.38. The predicted molar refractivity (Wildman–Crippen MR) is 92.7 cm³/mol. The molecule has 0 unspecified atom stereocenters. The molecule has 6 nitrogen and oxygen atoms in total. The second kappa shape index (κ2) is 7.46. The van der Waals surface area contributed by atoms with Gasteiger partial charge in [0, 0.05) is 30.6 Å². The van der Waals surface area contributed by atoms with Gasteiger partial charge >= 0.3 is 0 Å². The molecule has 0 radical (unpaired) electrons. The third kappa shape index (κ3) is 3.87. The van der Waals surface area contributed by atoms with Crippen LogP contribution >= 0.6 is 0 Å². The molecule has 0 saturated carbocycles. The quantitative estimate of drug-likeness (QED) is 0.901. The zero-order valence-electron chi connectivity index (χ0n) is 14.1. The Labute approximate surface area is 145 Å². The van der Waals surface area contributed by atoms with E-state index in [0.29, 0.717) is 43.8 Å². The lowest BCUT2D eigenvalue weighted by molar-refractivity contribution is -0.122. The summed E-state index contributed by atoms with van der Waals surface area (Å²) in [4.78, 5) is 21.9. The number of halogens is 1. The van der Waals surface area contributed by atoms with E-state index in [1.807, 2.05) is 13.0 Å². The second-order valence-corrected chi connectivity index (χ2v) is 6.00. The summed E-state index contributed by atoms with van der Waals surface area (Å²) < 4.78 is 19.3. The normalized spacial score (nSPS) is 15.2. The Morgan fingerprint density at radius 2 is 2.08 bits per heavy atom. The van der Waals surface area contributed by atoms with Crippen LogP contribution in [0.5, 0.6) is 5.75 Å². The summed E-state index contributed by atoms with van der Waals surface area (Å²) in [6.07, 6.45) is 2.90. The summed E-state index contributed by atoms with van der Waals surface area (Å²) in [5.74, 6) is 0.267. The Hall–Kier alpha value is -2.70. The largest absolute Gasteiger partial charge is 0.491 e. The van der Waals surface area contributed by atoms with Gasteiger partial charge in [-0.3, -0.25) is 4.79 Å². The Balaban J connectivity index is 1.78. The topological polar surface area (TPSA) is 81.3 Å². The van der Waals surface area contributed by atoms with E-state index in [1.165, 1.54) is 12.4 Å². The highest BCUT2D eigenvalue weighted by Gasteiger charge is 2.24. The average molecular weight is 344 g/mol. The lowest BCUT2D eigenvalue weighted by Gasteiger charge is -2.31. The number of hydrogen-bond donors (Lipinski definition) is 1. The number of nitrogens with zero attached hydrogens (tertiary/aromatic N) is 3. The maximum Gasteiger partial charge on any atom is 0.220 e. The maximum atomic E-state index is 14.1. The number of benzene rings is 1. The Morgan fingerprint density at radius 1 is 1.32 bits per heavy atom. The van der Waals surface area contributed by atoms with Crippen LogP contribution in [0, 0.1) is 11.7 Å².